The van der Waals surface area contributed by atoms with E-state index in [4.69, 9.17) is 23.2 Å². The van der Waals surface area contributed by atoms with Crippen molar-refractivity contribution < 1.29 is 9.59 Å². The fraction of sp³-hybridized carbons (Fsp3) is 0.308. The van der Waals surface area contributed by atoms with Crippen LogP contribution >= 0.6 is 23.2 Å². The van der Waals surface area contributed by atoms with Crippen LogP contribution in [0.15, 0.2) is 60.7 Å². The van der Waals surface area contributed by atoms with Gasteiger partial charge in [0.2, 0.25) is 11.8 Å². The Hall–Kier alpha value is -2.56. The number of amides is 2. The Morgan fingerprint density at radius 3 is 2.50 bits per heavy atom. The Kier molecular flexibility index (Phi) is 8.54. The van der Waals surface area contributed by atoms with Crippen LogP contribution in [0.3, 0.4) is 0 Å². The van der Waals surface area contributed by atoms with Gasteiger partial charge < -0.3 is 10.2 Å². The van der Waals surface area contributed by atoms with Gasteiger partial charge in [-0.1, -0.05) is 78.7 Å². The number of fused-ring (bicyclic) bond motifs is 1. The van der Waals surface area contributed by atoms with E-state index < -0.39 is 6.04 Å². The van der Waals surface area contributed by atoms with Crippen molar-refractivity contribution in [2.24, 2.45) is 0 Å². The summed E-state index contributed by atoms with van der Waals surface area (Å²) in [4.78, 5) is 27.6. The van der Waals surface area contributed by atoms with Gasteiger partial charge in [0.1, 0.15) is 6.04 Å². The van der Waals surface area contributed by atoms with Gasteiger partial charge in [0.25, 0.3) is 0 Å². The van der Waals surface area contributed by atoms with E-state index in [1.807, 2.05) is 31.2 Å². The van der Waals surface area contributed by atoms with Crippen LogP contribution in [0.2, 0.25) is 10.0 Å². The molecule has 0 fully saturated rings. The van der Waals surface area contributed by atoms with E-state index in [1.54, 1.807) is 30.0 Å². The van der Waals surface area contributed by atoms with Gasteiger partial charge in [-0.25, -0.2) is 0 Å². The van der Waals surface area contributed by atoms with E-state index in [1.165, 1.54) is 0 Å². The summed E-state index contributed by atoms with van der Waals surface area (Å²) < 4.78 is 0. The summed E-state index contributed by atoms with van der Waals surface area (Å²) in [5.41, 5.74) is 1.87. The third-order valence-corrected chi connectivity index (χ3v) is 6.15. The van der Waals surface area contributed by atoms with Crippen molar-refractivity contribution in [3.05, 3.63) is 81.8 Å². The second-order valence-corrected chi connectivity index (χ2v) is 8.71. The number of nitrogens with zero attached hydrogens (tertiary/aromatic N) is 1. The Morgan fingerprint density at radius 1 is 1.00 bits per heavy atom. The van der Waals surface area contributed by atoms with Gasteiger partial charge in [0, 0.05) is 29.6 Å². The van der Waals surface area contributed by atoms with E-state index in [-0.39, 0.29) is 18.4 Å². The average Bonchev–Trinajstić information content (AvgIpc) is 2.80. The molecular formula is C26H28Cl2N2O2. The highest BCUT2D eigenvalue weighted by Gasteiger charge is 2.26. The molecule has 0 aromatic heterocycles. The molecule has 3 aromatic carbocycles. The van der Waals surface area contributed by atoms with Crippen molar-refractivity contribution in [2.75, 3.05) is 6.54 Å². The van der Waals surface area contributed by atoms with Gasteiger partial charge in [-0.3, -0.25) is 9.59 Å². The minimum Gasteiger partial charge on any atom is -0.354 e. The maximum Gasteiger partial charge on any atom is 0.242 e. The first-order valence-electron chi connectivity index (χ1n) is 10.9. The number of halogens is 2. The Labute approximate surface area is 199 Å². The van der Waals surface area contributed by atoms with Crippen LogP contribution < -0.4 is 5.32 Å². The number of nitrogens with one attached hydrogen (secondary N) is 1. The molecule has 0 unspecified atom stereocenters. The number of hydrogen-bond acceptors (Lipinski definition) is 2. The molecule has 3 rings (SSSR count). The molecule has 3 aromatic rings. The fourth-order valence-electron chi connectivity index (χ4n) is 3.71. The van der Waals surface area contributed by atoms with Gasteiger partial charge in [-0.15, -0.1) is 0 Å². The molecule has 4 nitrogen and oxygen atoms in total. The molecule has 168 valence electrons. The molecule has 0 bridgehead atoms. The molecule has 1 N–H and O–H groups in total. The number of carbonyl (C=O) groups is 2. The molecule has 2 amide bonds. The number of hydrogen-bond donors (Lipinski definition) is 1. The summed E-state index contributed by atoms with van der Waals surface area (Å²) in [6.45, 7) is 4.56. The van der Waals surface area contributed by atoms with Gasteiger partial charge in [-0.05, 0) is 53.8 Å². The lowest BCUT2D eigenvalue weighted by Gasteiger charge is -2.29. The van der Waals surface area contributed by atoms with E-state index in [2.05, 4.69) is 23.5 Å². The summed E-state index contributed by atoms with van der Waals surface area (Å²) in [6.07, 6.45) is 1.72. The second kappa shape index (κ2) is 11.3. The molecule has 0 saturated carbocycles. The Balaban J connectivity index is 1.80. The first-order chi connectivity index (χ1) is 15.4. The summed E-state index contributed by atoms with van der Waals surface area (Å²) in [6, 6.07) is 18.8. The van der Waals surface area contributed by atoms with Crippen molar-refractivity contribution in [2.45, 2.75) is 45.7 Å². The number of rotatable bonds is 9. The minimum absolute atomic E-state index is 0.0944. The molecule has 0 aliphatic heterocycles. The van der Waals surface area contributed by atoms with E-state index in [0.29, 0.717) is 29.4 Å². The predicted octanol–water partition coefficient (Wildman–Crippen LogP) is 6.02. The SMILES string of the molecule is CCCNC(=O)[C@H](C)N(Cc1ccc(Cl)cc1Cl)C(=O)CCc1cccc2ccccc12. The van der Waals surface area contributed by atoms with E-state index in [0.717, 1.165) is 28.3 Å². The van der Waals surface area contributed by atoms with Crippen molar-refractivity contribution in [1.29, 1.82) is 0 Å². The van der Waals surface area contributed by atoms with Crippen molar-refractivity contribution in [3.63, 3.8) is 0 Å². The number of carbonyl (C=O) groups excluding carboxylic acids is 2. The second-order valence-electron chi connectivity index (χ2n) is 7.86. The van der Waals surface area contributed by atoms with Gasteiger partial charge in [0.15, 0.2) is 0 Å². The highest BCUT2D eigenvalue weighted by atomic mass is 35.5. The van der Waals surface area contributed by atoms with Crippen molar-refractivity contribution in [1.82, 2.24) is 10.2 Å². The van der Waals surface area contributed by atoms with Crippen LogP contribution in [0.1, 0.15) is 37.8 Å². The van der Waals surface area contributed by atoms with Crippen LogP contribution in [0.4, 0.5) is 0 Å². The lowest BCUT2D eigenvalue weighted by molar-refractivity contribution is -0.140. The quantitative estimate of drug-likeness (QED) is 0.415. The van der Waals surface area contributed by atoms with Crippen LogP contribution in [-0.4, -0.2) is 29.3 Å². The average molecular weight is 471 g/mol. The molecular weight excluding hydrogens is 443 g/mol. The zero-order chi connectivity index (χ0) is 23.1. The van der Waals surface area contributed by atoms with Crippen molar-refractivity contribution in [3.8, 4) is 0 Å². The lowest BCUT2D eigenvalue weighted by atomic mass is 10.0. The predicted molar refractivity (Wildman–Crippen MR) is 132 cm³/mol. The van der Waals surface area contributed by atoms with Gasteiger partial charge >= 0.3 is 0 Å². The first-order valence-corrected chi connectivity index (χ1v) is 11.6. The topological polar surface area (TPSA) is 49.4 Å². The number of aryl methyl sites for hydroxylation is 1. The summed E-state index contributed by atoms with van der Waals surface area (Å²) in [5.74, 6) is -0.265. The minimum atomic E-state index is -0.617. The first kappa shape index (κ1) is 24.1. The number of benzene rings is 3. The summed E-state index contributed by atoms with van der Waals surface area (Å²) >= 11 is 12.4. The van der Waals surface area contributed by atoms with Crippen LogP contribution in [0.25, 0.3) is 10.8 Å². The molecule has 32 heavy (non-hydrogen) atoms. The summed E-state index contributed by atoms with van der Waals surface area (Å²) in [5, 5.41) is 6.18. The van der Waals surface area contributed by atoms with Crippen molar-refractivity contribution >= 4 is 45.8 Å². The monoisotopic (exact) mass is 470 g/mol. The zero-order valence-electron chi connectivity index (χ0n) is 18.4. The molecule has 0 aliphatic rings. The van der Waals surface area contributed by atoms with Gasteiger partial charge in [-0.2, -0.15) is 0 Å². The van der Waals surface area contributed by atoms with Crippen LogP contribution in [0.5, 0.6) is 0 Å². The molecule has 0 heterocycles. The van der Waals surface area contributed by atoms with E-state index >= 15 is 0 Å². The molecule has 1 atom stereocenters. The lowest BCUT2D eigenvalue weighted by Crippen LogP contribution is -2.47. The van der Waals surface area contributed by atoms with Crippen LogP contribution in [-0.2, 0) is 22.6 Å². The normalized spacial score (nSPS) is 11.9. The highest BCUT2D eigenvalue weighted by Crippen LogP contribution is 2.24. The highest BCUT2D eigenvalue weighted by molar-refractivity contribution is 6.35. The smallest absolute Gasteiger partial charge is 0.242 e. The maximum absolute atomic E-state index is 13.3. The Morgan fingerprint density at radius 2 is 1.75 bits per heavy atom. The third kappa shape index (κ3) is 6.02. The fourth-order valence-corrected chi connectivity index (χ4v) is 4.18. The largest absolute Gasteiger partial charge is 0.354 e. The van der Waals surface area contributed by atoms with Gasteiger partial charge in [0.05, 0.1) is 0 Å². The van der Waals surface area contributed by atoms with E-state index in [9.17, 15) is 9.59 Å². The zero-order valence-corrected chi connectivity index (χ0v) is 19.9. The standard InChI is InChI=1S/C26H28Cl2N2O2/c1-3-15-29-26(32)18(2)30(17-21-11-13-22(27)16-24(21)28)25(31)14-12-20-9-6-8-19-7-4-5-10-23(19)20/h4-11,13,16,18H,3,12,14-15,17H2,1-2H3,(H,29,32)/t18-/m0/s1. The maximum atomic E-state index is 13.3. The molecule has 6 heteroatoms. The molecule has 0 spiro atoms. The molecule has 0 radical (unpaired) electrons. The van der Waals surface area contributed by atoms with Crippen LogP contribution in [0, 0.1) is 0 Å². The third-order valence-electron chi connectivity index (χ3n) is 5.56. The molecule has 0 saturated heterocycles. The Bertz CT molecular complexity index is 1090. The molecule has 0 aliphatic carbocycles. The summed E-state index contributed by atoms with van der Waals surface area (Å²) in [7, 11) is 0.